The molecule has 0 N–H and O–H groups in total. The van der Waals surface area contributed by atoms with E-state index in [9.17, 15) is 0 Å². The van der Waals surface area contributed by atoms with Crippen LogP contribution in [0, 0.1) is 5.92 Å². The van der Waals surface area contributed by atoms with Crippen molar-refractivity contribution in [2.75, 3.05) is 0 Å². The molecule has 6 rings (SSSR count). The first-order valence-electron chi connectivity index (χ1n) is 11.7. The quantitative estimate of drug-likeness (QED) is 0.261. The number of aromatic nitrogens is 1. The third-order valence-electron chi connectivity index (χ3n) is 6.42. The van der Waals surface area contributed by atoms with E-state index in [0.717, 1.165) is 17.9 Å². The fourth-order valence-electron chi connectivity index (χ4n) is 5.08. The summed E-state index contributed by atoms with van der Waals surface area (Å²) in [6.45, 7) is 5.56. The Morgan fingerprint density at radius 1 is 0.788 bits per heavy atom. The van der Waals surface area contributed by atoms with Crippen LogP contribution in [0.1, 0.15) is 19.4 Å². The van der Waals surface area contributed by atoms with Crippen LogP contribution in [0.4, 0.5) is 5.69 Å². The molecule has 33 heavy (non-hydrogen) atoms. The number of aliphatic imine (C=N–C) groups is 1. The average molecular weight is 427 g/mol. The highest BCUT2D eigenvalue weighted by molar-refractivity contribution is 6.24. The van der Waals surface area contributed by atoms with E-state index in [1.54, 1.807) is 0 Å². The van der Waals surface area contributed by atoms with Gasteiger partial charge in [-0.25, -0.2) is 4.99 Å². The summed E-state index contributed by atoms with van der Waals surface area (Å²) >= 11 is 0. The van der Waals surface area contributed by atoms with E-state index in [0.29, 0.717) is 5.92 Å². The highest BCUT2D eigenvalue weighted by Gasteiger charge is 2.15. The zero-order valence-corrected chi connectivity index (χ0v) is 19.0. The van der Waals surface area contributed by atoms with Crippen molar-refractivity contribution in [2.24, 2.45) is 10.9 Å². The second-order valence-electron chi connectivity index (χ2n) is 9.16. The van der Waals surface area contributed by atoms with Crippen LogP contribution in [-0.4, -0.2) is 10.3 Å². The minimum atomic E-state index is 0.576. The van der Waals surface area contributed by atoms with Gasteiger partial charge >= 0.3 is 0 Å². The SMILES string of the molecule is CC(C)Cn1\c(=C/C=C/C=C/C2=Nc3cccc4cccc2c34)c2cccc3cccc1c32. The highest BCUT2D eigenvalue weighted by atomic mass is 15.0. The van der Waals surface area contributed by atoms with Gasteiger partial charge in [0.2, 0.25) is 0 Å². The van der Waals surface area contributed by atoms with Crippen LogP contribution in [-0.2, 0) is 6.54 Å². The maximum absolute atomic E-state index is 4.84. The molecule has 0 saturated carbocycles. The maximum Gasteiger partial charge on any atom is 0.0722 e. The van der Waals surface area contributed by atoms with Crippen molar-refractivity contribution in [1.82, 2.24) is 4.57 Å². The minimum Gasteiger partial charge on any atom is -0.340 e. The average Bonchev–Trinajstić information content (AvgIpc) is 3.33. The lowest BCUT2D eigenvalue weighted by molar-refractivity contribution is 0.529. The van der Waals surface area contributed by atoms with Gasteiger partial charge in [0.1, 0.15) is 0 Å². The monoisotopic (exact) mass is 426 g/mol. The molecule has 2 heterocycles. The molecule has 160 valence electrons. The molecule has 2 heteroatoms. The van der Waals surface area contributed by atoms with Crippen LogP contribution in [0.25, 0.3) is 38.5 Å². The van der Waals surface area contributed by atoms with E-state index >= 15 is 0 Å². The summed E-state index contributed by atoms with van der Waals surface area (Å²) in [5.41, 5.74) is 4.62. The molecule has 1 aliphatic heterocycles. The Kier molecular flexibility index (Phi) is 4.73. The Morgan fingerprint density at radius 2 is 1.52 bits per heavy atom. The van der Waals surface area contributed by atoms with E-state index in [1.807, 2.05) is 0 Å². The largest absolute Gasteiger partial charge is 0.340 e. The highest BCUT2D eigenvalue weighted by Crippen LogP contribution is 2.35. The molecule has 4 aromatic carbocycles. The molecule has 0 saturated heterocycles. The molecule has 5 aromatic rings. The zero-order chi connectivity index (χ0) is 22.4. The van der Waals surface area contributed by atoms with Crippen molar-refractivity contribution >= 4 is 49.9 Å². The van der Waals surface area contributed by atoms with E-state index in [2.05, 4.69) is 122 Å². The number of allylic oxidation sites excluding steroid dienone is 4. The Morgan fingerprint density at radius 3 is 2.33 bits per heavy atom. The summed E-state index contributed by atoms with van der Waals surface area (Å²) in [6, 6.07) is 26.0. The van der Waals surface area contributed by atoms with Crippen LogP contribution in [0.5, 0.6) is 0 Å². The lowest BCUT2D eigenvalue weighted by atomic mass is 10.0. The van der Waals surface area contributed by atoms with Gasteiger partial charge in [-0.05, 0) is 41.0 Å². The summed E-state index contributed by atoms with van der Waals surface area (Å²) in [5.74, 6) is 0.576. The van der Waals surface area contributed by atoms with Gasteiger partial charge in [0.05, 0.1) is 11.4 Å². The van der Waals surface area contributed by atoms with Gasteiger partial charge in [-0.2, -0.15) is 0 Å². The van der Waals surface area contributed by atoms with E-state index in [-0.39, 0.29) is 0 Å². The number of hydrogen-bond acceptors (Lipinski definition) is 1. The fraction of sp³-hybridized carbons (Fsp3) is 0.129. The lowest BCUT2D eigenvalue weighted by Gasteiger charge is -2.09. The molecule has 0 bridgehead atoms. The van der Waals surface area contributed by atoms with E-state index < -0.39 is 0 Å². The molecule has 1 aliphatic rings. The smallest absolute Gasteiger partial charge is 0.0722 e. The standard InChI is InChI=1S/C31H26N2/c1-21(2)20-33-28(25-15-7-11-23-13-9-19-29(33)31(23)25)18-5-3-4-16-26-24-14-6-10-22-12-8-17-27(32-26)30(22)24/h3-19,21H,20H2,1-2H3/b5-3+,16-4+,28-18-. The van der Waals surface area contributed by atoms with Gasteiger partial charge < -0.3 is 4.57 Å². The zero-order valence-electron chi connectivity index (χ0n) is 19.0. The Balaban J connectivity index is 1.37. The number of rotatable bonds is 5. The van der Waals surface area contributed by atoms with Crippen molar-refractivity contribution in [3.63, 3.8) is 0 Å². The number of benzene rings is 4. The minimum absolute atomic E-state index is 0.576. The first-order valence-corrected chi connectivity index (χ1v) is 11.7. The molecule has 0 fully saturated rings. The van der Waals surface area contributed by atoms with Gasteiger partial charge in [-0.15, -0.1) is 0 Å². The second kappa shape index (κ2) is 7.90. The van der Waals surface area contributed by atoms with E-state index in [4.69, 9.17) is 4.99 Å². The predicted molar refractivity (Wildman–Crippen MR) is 142 cm³/mol. The molecule has 0 amide bonds. The second-order valence-corrected chi connectivity index (χ2v) is 9.16. The van der Waals surface area contributed by atoms with Gasteiger partial charge in [0.15, 0.2) is 0 Å². The van der Waals surface area contributed by atoms with Gasteiger partial charge in [-0.3, -0.25) is 0 Å². The first kappa shape index (κ1) is 19.8. The molecule has 1 aromatic heterocycles. The van der Waals surface area contributed by atoms with Crippen LogP contribution >= 0.6 is 0 Å². The third-order valence-corrected chi connectivity index (χ3v) is 6.42. The van der Waals surface area contributed by atoms with Crippen molar-refractivity contribution < 1.29 is 0 Å². The van der Waals surface area contributed by atoms with Gasteiger partial charge in [0, 0.05) is 39.1 Å². The molecule has 0 radical (unpaired) electrons. The summed E-state index contributed by atoms with van der Waals surface area (Å²) in [7, 11) is 0. The van der Waals surface area contributed by atoms with Gasteiger partial charge in [-0.1, -0.05) is 92.7 Å². The van der Waals surface area contributed by atoms with Gasteiger partial charge in [0.25, 0.3) is 0 Å². The molecular formula is C31H26N2. The summed E-state index contributed by atoms with van der Waals surface area (Å²) < 4.78 is 2.47. The van der Waals surface area contributed by atoms with Crippen molar-refractivity contribution in [3.8, 4) is 0 Å². The first-order chi connectivity index (χ1) is 16.2. The Hall–Kier alpha value is -3.91. The summed E-state index contributed by atoms with van der Waals surface area (Å²) in [6.07, 6.45) is 10.7. The predicted octanol–water partition coefficient (Wildman–Crippen LogP) is 7.35. The molecular weight excluding hydrogens is 400 g/mol. The van der Waals surface area contributed by atoms with Crippen LogP contribution < -0.4 is 5.35 Å². The molecule has 0 unspecified atom stereocenters. The normalized spacial score (nSPS) is 14.3. The number of hydrogen-bond donors (Lipinski definition) is 0. The summed E-state index contributed by atoms with van der Waals surface area (Å²) in [4.78, 5) is 4.84. The Labute approximate surface area is 193 Å². The van der Waals surface area contributed by atoms with Crippen molar-refractivity contribution in [2.45, 2.75) is 20.4 Å². The summed E-state index contributed by atoms with van der Waals surface area (Å²) in [5, 5.41) is 7.76. The third kappa shape index (κ3) is 3.30. The fourth-order valence-corrected chi connectivity index (χ4v) is 5.08. The van der Waals surface area contributed by atoms with Crippen LogP contribution in [0.15, 0.2) is 102 Å². The lowest BCUT2D eigenvalue weighted by Crippen LogP contribution is -2.19. The topological polar surface area (TPSA) is 17.3 Å². The number of nitrogens with zero attached hydrogens (tertiary/aromatic N) is 2. The van der Waals surface area contributed by atoms with E-state index in [1.165, 1.54) is 43.4 Å². The molecule has 2 nitrogen and oxygen atoms in total. The van der Waals surface area contributed by atoms with Crippen LogP contribution in [0.3, 0.4) is 0 Å². The van der Waals surface area contributed by atoms with Crippen molar-refractivity contribution in [3.05, 3.63) is 108 Å². The van der Waals surface area contributed by atoms with Crippen molar-refractivity contribution in [1.29, 1.82) is 0 Å². The molecule has 0 spiro atoms. The van der Waals surface area contributed by atoms with Crippen LogP contribution in [0.2, 0.25) is 0 Å². The Bertz CT molecular complexity index is 1650. The molecule has 0 atom stereocenters. The maximum atomic E-state index is 4.84. The molecule has 0 aliphatic carbocycles.